The Morgan fingerprint density at radius 2 is 2.04 bits per heavy atom. The number of hydrogen-bond donors (Lipinski definition) is 0. The molecule has 0 radical (unpaired) electrons. The molecule has 1 heterocycles. The van der Waals surface area contributed by atoms with Crippen molar-refractivity contribution in [1.82, 2.24) is 4.90 Å². The van der Waals surface area contributed by atoms with Crippen LogP contribution in [0, 0.1) is 5.92 Å². The maximum absolute atomic E-state index is 12.2. The highest BCUT2D eigenvalue weighted by atomic mass is 16.6. The molecule has 1 amide bonds. The predicted molar refractivity (Wildman–Crippen MR) is 88.4 cm³/mol. The van der Waals surface area contributed by atoms with E-state index in [1.54, 1.807) is 11.8 Å². The molecule has 0 bridgehead atoms. The lowest BCUT2D eigenvalue weighted by molar-refractivity contribution is -0.146. The van der Waals surface area contributed by atoms with Crippen molar-refractivity contribution in [1.29, 1.82) is 0 Å². The van der Waals surface area contributed by atoms with Crippen molar-refractivity contribution in [2.75, 3.05) is 26.3 Å². The van der Waals surface area contributed by atoms with Crippen molar-refractivity contribution in [2.24, 2.45) is 5.92 Å². The second-order valence-corrected chi connectivity index (χ2v) is 5.88. The van der Waals surface area contributed by atoms with Gasteiger partial charge in [0.25, 0.3) is 0 Å². The van der Waals surface area contributed by atoms with Crippen LogP contribution in [0.1, 0.15) is 25.8 Å². The van der Waals surface area contributed by atoms with Gasteiger partial charge in [0.15, 0.2) is 0 Å². The van der Waals surface area contributed by atoms with Gasteiger partial charge in [0.2, 0.25) is 0 Å². The zero-order valence-electron chi connectivity index (χ0n) is 14.3. The van der Waals surface area contributed by atoms with E-state index >= 15 is 0 Å². The molecule has 0 unspecified atom stereocenters. The van der Waals surface area contributed by atoms with Crippen LogP contribution >= 0.6 is 0 Å². The Hall–Kier alpha value is -2.08. The molecule has 2 atom stereocenters. The normalized spacial score (nSPS) is 18.8. The molecule has 1 aromatic rings. The van der Waals surface area contributed by atoms with Crippen molar-refractivity contribution in [3.8, 4) is 0 Å². The van der Waals surface area contributed by atoms with Crippen LogP contribution in [0.15, 0.2) is 30.3 Å². The van der Waals surface area contributed by atoms with E-state index in [0.717, 1.165) is 5.56 Å². The molecular weight excluding hydrogens is 310 g/mol. The van der Waals surface area contributed by atoms with Crippen LogP contribution in [0.4, 0.5) is 4.79 Å². The quantitative estimate of drug-likeness (QED) is 0.748. The first-order valence-electron chi connectivity index (χ1n) is 8.33. The Kier molecular flexibility index (Phi) is 7.06. The first kappa shape index (κ1) is 18.3. The number of carbonyl (C=O) groups excluding carboxylic acids is 2. The fourth-order valence-corrected chi connectivity index (χ4v) is 2.61. The molecule has 1 fully saturated rings. The number of benzene rings is 1. The standard InChI is InChI=1S/C18H25NO5/c1-3-22-17(20)11-14(2)16-12-19(9-10-23-16)18(21)24-13-15-7-5-4-6-8-15/h4-8,14,16H,3,9-13H2,1-2H3/t14-,16+/m1/s1. The van der Waals surface area contributed by atoms with E-state index in [1.807, 2.05) is 37.3 Å². The number of hydrogen-bond acceptors (Lipinski definition) is 5. The Labute approximate surface area is 142 Å². The number of ether oxygens (including phenoxy) is 3. The molecule has 0 N–H and O–H groups in total. The number of esters is 1. The average molecular weight is 335 g/mol. The van der Waals surface area contributed by atoms with Gasteiger partial charge < -0.3 is 19.1 Å². The molecule has 1 aromatic carbocycles. The van der Waals surface area contributed by atoms with Crippen molar-refractivity contribution in [2.45, 2.75) is 33.0 Å². The number of nitrogens with zero attached hydrogens (tertiary/aromatic N) is 1. The van der Waals surface area contributed by atoms with Gasteiger partial charge in [-0.2, -0.15) is 0 Å². The van der Waals surface area contributed by atoms with E-state index in [4.69, 9.17) is 14.2 Å². The van der Waals surface area contributed by atoms with Crippen LogP contribution in [0.3, 0.4) is 0 Å². The molecule has 24 heavy (non-hydrogen) atoms. The molecule has 6 heteroatoms. The summed E-state index contributed by atoms with van der Waals surface area (Å²) in [6, 6.07) is 9.56. The van der Waals surface area contributed by atoms with Gasteiger partial charge in [0.1, 0.15) is 6.61 Å². The minimum atomic E-state index is -0.351. The lowest BCUT2D eigenvalue weighted by Crippen LogP contribution is -2.48. The van der Waals surface area contributed by atoms with E-state index in [0.29, 0.717) is 26.3 Å². The largest absolute Gasteiger partial charge is 0.466 e. The van der Waals surface area contributed by atoms with E-state index in [2.05, 4.69) is 0 Å². The van der Waals surface area contributed by atoms with Crippen molar-refractivity contribution in [3.63, 3.8) is 0 Å². The molecule has 0 spiro atoms. The highest BCUT2D eigenvalue weighted by Crippen LogP contribution is 2.18. The zero-order valence-corrected chi connectivity index (χ0v) is 14.3. The average Bonchev–Trinajstić information content (AvgIpc) is 2.61. The van der Waals surface area contributed by atoms with Gasteiger partial charge in [-0.15, -0.1) is 0 Å². The van der Waals surface area contributed by atoms with Gasteiger partial charge in [-0.1, -0.05) is 37.3 Å². The highest BCUT2D eigenvalue weighted by Gasteiger charge is 2.30. The molecule has 132 valence electrons. The second kappa shape index (κ2) is 9.27. The van der Waals surface area contributed by atoms with Crippen LogP contribution in [0.5, 0.6) is 0 Å². The fraction of sp³-hybridized carbons (Fsp3) is 0.556. The third-order valence-corrected chi connectivity index (χ3v) is 3.99. The minimum Gasteiger partial charge on any atom is -0.466 e. The Balaban J connectivity index is 1.81. The van der Waals surface area contributed by atoms with Gasteiger partial charge in [-0.05, 0) is 18.4 Å². The summed E-state index contributed by atoms with van der Waals surface area (Å²) in [5.41, 5.74) is 0.950. The van der Waals surface area contributed by atoms with Crippen LogP contribution in [-0.2, 0) is 25.6 Å². The molecule has 0 aliphatic carbocycles. The predicted octanol–water partition coefficient (Wildman–Crippen LogP) is 2.61. The molecule has 6 nitrogen and oxygen atoms in total. The van der Waals surface area contributed by atoms with Crippen molar-refractivity contribution < 1.29 is 23.8 Å². The van der Waals surface area contributed by atoms with E-state index < -0.39 is 0 Å². The number of amides is 1. The topological polar surface area (TPSA) is 65.1 Å². The van der Waals surface area contributed by atoms with Crippen LogP contribution in [0.25, 0.3) is 0 Å². The summed E-state index contributed by atoms with van der Waals surface area (Å²) >= 11 is 0. The van der Waals surface area contributed by atoms with E-state index in [-0.39, 0.29) is 37.1 Å². The summed E-state index contributed by atoms with van der Waals surface area (Å²) in [6.45, 7) is 5.70. The number of carbonyl (C=O) groups is 2. The summed E-state index contributed by atoms with van der Waals surface area (Å²) < 4.78 is 16.0. The molecular formula is C18H25NO5. The Bertz CT molecular complexity index is 533. The van der Waals surface area contributed by atoms with Crippen LogP contribution < -0.4 is 0 Å². The highest BCUT2D eigenvalue weighted by molar-refractivity contribution is 5.70. The zero-order chi connectivity index (χ0) is 17.4. The molecule has 0 saturated carbocycles. The molecule has 1 aliphatic heterocycles. The monoisotopic (exact) mass is 335 g/mol. The van der Waals surface area contributed by atoms with Crippen molar-refractivity contribution >= 4 is 12.1 Å². The molecule has 1 aliphatic rings. The van der Waals surface area contributed by atoms with Crippen molar-refractivity contribution in [3.05, 3.63) is 35.9 Å². The lowest BCUT2D eigenvalue weighted by atomic mass is 9.99. The summed E-state index contributed by atoms with van der Waals surface area (Å²) in [6.07, 6.45) is -0.256. The first-order valence-corrected chi connectivity index (χ1v) is 8.33. The summed E-state index contributed by atoms with van der Waals surface area (Å²) in [7, 11) is 0. The Morgan fingerprint density at radius 3 is 2.75 bits per heavy atom. The Morgan fingerprint density at radius 1 is 1.29 bits per heavy atom. The van der Waals surface area contributed by atoms with Gasteiger partial charge >= 0.3 is 12.1 Å². The van der Waals surface area contributed by atoms with Gasteiger partial charge in [-0.3, -0.25) is 4.79 Å². The smallest absolute Gasteiger partial charge is 0.410 e. The number of rotatable bonds is 6. The summed E-state index contributed by atoms with van der Waals surface area (Å²) in [5, 5.41) is 0. The third-order valence-electron chi connectivity index (χ3n) is 3.99. The maximum Gasteiger partial charge on any atom is 0.410 e. The summed E-state index contributed by atoms with van der Waals surface area (Å²) in [5.74, 6) is -0.258. The maximum atomic E-state index is 12.2. The lowest BCUT2D eigenvalue weighted by Gasteiger charge is -2.35. The third kappa shape index (κ3) is 5.53. The van der Waals surface area contributed by atoms with Gasteiger partial charge in [0, 0.05) is 6.54 Å². The van der Waals surface area contributed by atoms with E-state index in [1.165, 1.54) is 0 Å². The van der Waals surface area contributed by atoms with Crippen LogP contribution in [-0.4, -0.2) is 49.4 Å². The minimum absolute atomic E-state index is 0.0197. The SMILES string of the molecule is CCOC(=O)C[C@@H](C)[C@@H]1CN(C(=O)OCc2ccccc2)CCO1. The summed E-state index contributed by atoms with van der Waals surface area (Å²) in [4.78, 5) is 25.4. The molecule has 2 rings (SSSR count). The fourth-order valence-electron chi connectivity index (χ4n) is 2.61. The first-order chi connectivity index (χ1) is 11.6. The van der Waals surface area contributed by atoms with Crippen LogP contribution in [0.2, 0.25) is 0 Å². The van der Waals surface area contributed by atoms with Gasteiger partial charge in [-0.25, -0.2) is 4.79 Å². The van der Waals surface area contributed by atoms with Gasteiger partial charge in [0.05, 0.1) is 32.3 Å². The molecule has 0 aromatic heterocycles. The molecule has 1 saturated heterocycles. The van der Waals surface area contributed by atoms with E-state index in [9.17, 15) is 9.59 Å². The second-order valence-electron chi connectivity index (χ2n) is 5.88. The number of morpholine rings is 1.